The van der Waals surface area contributed by atoms with Crippen LogP contribution in [-0.4, -0.2) is 37.1 Å². The molecule has 0 aromatic heterocycles. The second kappa shape index (κ2) is 5.50. The molecule has 1 amide bonds. The lowest BCUT2D eigenvalue weighted by molar-refractivity contribution is 0.130. The van der Waals surface area contributed by atoms with Gasteiger partial charge >= 0.3 is 5.37 Å². The van der Waals surface area contributed by atoms with Gasteiger partial charge in [-0.25, -0.2) is 0 Å². The SMILES string of the molecule is CCOCCN(C)C(=O)Cl. The number of carbonyl (C=O) groups excluding carboxylic acids is 1. The van der Waals surface area contributed by atoms with Crippen molar-refractivity contribution in [3.63, 3.8) is 0 Å². The highest BCUT2D eigenvalue weighted by Gasteiger charge is 2.01. The highest BCUT2D eigenvalue weighted by atomic mass is 35.5. The van der Waals surface area contributed by atoms with Gasteiger partial charge in [-0.3, -0.25) is 4.79 Å². The minimum Gasteiger partial charge on any atom is -0.380 e. The van der Waals surface area contributed by atoms with Crippen molar-refractivity contribution in [3.05, 3.63) is 0 Å². The van der Waals surface area contributed by atoms with E-state index in [4.69, 9.17) is 16.3 Å². The Hall–Kier alpha value is -0.280. The molecule has 4 heteroatoms. The highest BCUT2D eigenvalue weighted by Crippen LogP contribution is 1.90. The van der Waals surface area contributed by atoms with Crippen molar-refractivity contribution >= 4 is 17.0 Å². The number of nitrogens with zero attached hydrogens (tertiary/aromatic N) is 1. The first kappa shape index (κ1) is 9.72. The molecule has 0 aliphatic rings. The predicted molar refractivity (Wildman–Crippen MR) is 40.4 cm³/mol. The molecule has 0 unspecified atom stereocenters. The third-order valence-corrected chi connectivity index (χ3v) is 1.36. The second-order valence-corrected chi connectivity index (χ2v) is 2.19. The van der Waals surface area contributed by atoms with Crippen molar-refractivity contribution in [2.24, 2.45) is 0 Å². The van der Waals surface area contributed by atoms with Gasteiger partial charge in [0, 0.05) is 20.2 Å². The summed E-state index contributed by atoms with van der Waals surface area (Å²) in [6, 6.07) is 0. The fraction of sp³-hybridized carbons (Fsp3) is 0.833. The van der Waals surface area contributed by atoms with Crippen molar-refractivity contribution in [2.45, 2.75) is 6.92 Å². The van der Waals surface area contributed by atoms with Crippen molar-refractivity contribution in [3.8, 4) is 0 Å². The maximum Gasteiger partial charge on any atom is 0.316 e. The van der Waals surface area contributed by atoms with E-state index in [9.17, 15) is 4.79 Å². The van der Waals surface area contributed by atoms with Gasteiger partial charge in [0.05, 0.1) is 6.61 Å². The molecule has 0 heterocycles. The zero-order valence-electron chi connectivity index (χ0n) is 6.26. The summed E-state index contributed by atoms with van der Waals surface area (Å²) in [6.45, 7) is 3.68. The first-order valence-corrected chi connectivity index (χ1v) is 3.54. The third-order valence-electron chi connectivity index (χ3n) is 1.08. The van der Waals surface area contributed by atoms with Crippen LogP contribution in [-0.2, 0) is 4.74 Å². The number of rotatable bonds is 4. The molecule has 60 valence electrons. The average Bonchev–Trinajstić information content (AvgIpc) is 1.88. The van der Waals surface area contributed by atoms with Crippen LogP contribution in [0.2, 0.25) is 0 Å². The molecule has 0 fully saturated rings. The van der Waals surface area contributed by atoms with E-state index in [1.165, 1.54) is 4.90 Å². The standard InChI is InChI=1S/C6H12ClNO2/c1-3-10-5-4-8(2)6(7)9/h3-5H2,1-2H3. The van der Waals surface area contributed by atoms with Crippen LogP contribution in [0.15, 0.2) is 0 Å². The van der Waals surface area contributed by atoms with Gasteiger partial charge in [-0.1, -0.05) is 0 Å². The largest absolute Gasteiger partial charge is 0.380 e. The van der Waals surface area contributed by atoms with E-state index in [2.05, 4.69) is 0 Å². The Balaban J connectivity index is 3.21. The summed E-state index contributed by atoms with van der Waals surface area (Å²) in [5.41, 5.74) is 0. The van der Waals surface area contributed by atoms with Crippen LogP contribution in [0.25, 0.3) is 0 Å². The molecule has 0 aliphatic carbocycles. The smallest absolute Gasteiger partial charge is 0.316 e. The van der Waals surface area contributed by atoms with E-state index in [1.807, 2.05) is 6.92 Å². The van der Waals surface area contributed by atoms with Gasteiger partial charge in [-0.2, -0.15) is 0 Å². The van der Waals surface area contributed by atoms with Crippen LogP contribution in [0, 0.1) is 0 Å². The molecular weight excluding hydrogens is 154 g/mol. The normalized spacial score (nSPS) is 9.50. The quantitative estimate of drug-likeness (QED) is 0.357. The highest BCUT2D eigenvalue weighted by molar-refractivity contribution is 6.62. The van der Waals surface area contributed by atoms with Gasteiger partial charge in [0.2, 0.25) is 0 Å². The summed E-state index contributed by atoms with van der Waals surface area (Å²) in [4.78, 5) is 11.8. The first-order valence-electron chi connectivity index (χ1n) is 3.16. The zero-order valence-corrected chi connectivity index (χ0v) is 7.02. The molecule has 3 nitrogen and oxygen atoms in total. The molecule has 0 bridgehead atoms. The molecule has 0 spiro atoms. The van der Waals surface area contributed by atoms with E-state index in [1.54, 1.807) is 7.05 Å². The lowest BCUT2D eigenvalue weighted by atomic mass is 10.6. The van der Waals surface area contributed by atoms with Crippen LogP contribution in [0.4, 0.5) is 4.79 Å². The molecule has 0 aliphatic heterocycles. The van der Waals surface area contributed by atoms with Crippen LogP contribution < -0.4 is 0 Å². The Morgan fingerprint density at radius 2 is 2.30 bits per heavy atom. The van der Waals surface area contributed by atoms with E-state index >= 15 is 0 Å². The van der Waals surface area contributed by atoms with Gasteiger partial charge < -0.3 is 9.64 Å². The van der Waals surface area contributed by atoms with Gasteiger partial charge in [-0.05, 0) is 18.5 Å². The first-order chi connectivity index (χ1) is 4.68. The van der Waals surface area contributed by atoms with Crippen molar-refractivity contribution in [1.29, 1.82) is 0 Å². The Kier molecular flexibility index (Phi) is 5.35. The topological polar surface area (TPSA) is 29.5 Å². The number of ether oxygens (including phenoxy) is 1. The maximum atomic E-state index is 10.4. The molecule has 0 radical (unpaired) electrons. The number of likely N-dealkylation sites (N-methyl/N-ethyl adjacent to an activating group) is 1. The van der Waals surface area contributed by atoms with Gasteiger partial charge in [0.25, 0.3) is 0 Å². The molecule has 0 rings (SSSR count). The monoisotopic (exact) mass is 165 g/mol. The van der Waals surface area contributed by atoms with E-state index in [0.717, 1.165) is 0 Å². The Bertz CT molecular complexity index is 108. The zero-order chi connectivity index (χ0) is 7.98. The fourth-order valence-corrected chi connectivity index (χ4v) is 0.518. The number of carbonyl (C=O) groups is 1. The molecule has 0 atom stereocenters. The minimum absolute atomic E-state index is 0.445. The fourth-order valence-electron chi connectivity index (χ4n) is 0.434. The Morgan fingerprint density at radius 1 is 1.70 bits per heavy atom. The molecule has 0 saturated carbocycles. The van der Waals surface area contributed by atoms with Crippen LogP contribution in [0.3, 0.4) is 0 Å². The Labute approximate surface area is 65.9 Å². The van der Waals surface area contributed by atoms with E-state index < -0.39 is 5.37 Å². The molecule has 0 aromatic rings. The van der Waals surface area contributed by atoms with Crippen molar-refractivity contribution < 1.29 is 9.53 Å². The van der Waals surface area contributed by atoms with Crippen molar-refractivity contribution in [1.82, 2.24) is 4.90 Å². The Morgan fingerprint density at radius 3 is 2.70 bits per heavy atom. The van der Waals surface area contributed by atoms with Gasteiger partial charge in [0.15, 0.2) is 0 Å². The number of amides is 1. The van der Waals surface area contributed by atoms with Gasteiger partial charge in [0.1, 0.15) is 0 Å². The summed E-state index contributed by atoms with van der Waals surface area (Å²) in [5.74, 6) is 0. The molecule has 10 heavy (non-hydrogen) atoms. The molecular formula is C6H12ClNO2. The maximum absolute atomic E-state index is 10.4. The number of halogens is 1. The average molecular weight is 166 g/mol. The number of hydrogen-bond acceptors (Lipinski definition) is 2. The second-order valence-electron chi connectivity index (χ2n) is 1.87. The summed E-state index contributed by atoms with van der Waals surface area (Å²) in [5, 5.41) is -0.445. The molecule has 0 N–H and O–H groups in total. The summed E-state index contributed by atoms with van der Waals surface area (Å²) in [7, 11) is 1.63. The summed E-state index contributed by atoms with van der Waals surface area (Å²) < 4.78 is 5.00. The summed E-state index contributed by atoms with van der Waals surface area (Å²) >= 11 is 5.14. The molecule has 0 saturated heterocycles. The van der Waals surface area contributed by atoms with Crippen molar-refractivity contribution in [2.75, 3.05) is 26.8 Å². The lowest BCUT2D eigenvalue weighted by Gasteiger charge is -2.11. The third kappa shape index (κ3) is 4.58. The lowest BCUT2D eigenvalue weighted by Crippen LogP contribution is -2.25. The van der Waals surface area contributed by atoms with Crippen LogP contribution in [0.1, 0.15) is 6.92 Å². The number of hydrogen-bond donors (Lipinski definition) is 0. The van der Waals surface area contributed by atoms with Gasteiger partial charge in [-0.15, -0.1) is 0 Å². The van der Waals surface area contributed by atoms with E-state index in [0.29, 0.717) is 19.8 Å². The minimum atomic E-state index is -0.445. The predicted octanol–water partition coefficient (Wildman–Crippen LogP) is 1.31. The molecule has 0 aromatic carbocycles. The summed E-state index contributed by atoms with van der Waals surface area (Å²) in [6.07, 6.45) is 0. The van der Waals surface area contributed by atoms with Crippen LogP contribution >= 0.6 is 11.6 Å². The van der Waals surface area contributed by atoms with E-state index in [-0.39, 0.29) is 0 Å². The van der Waals surface area contributed by atoms with Crippen LogP contribution in [0.5, 0.6) is 0 Å².